The molecule has 0 radical (unpaired) electrons. The molecule has 0 amide bonds. The van der Waals surface area contributed by atoms with Crippen molar-refractivity contribution in [1.29, 1.82) is 10.5 Å². The maximum absolute atomic E-state index is 14.0. The molecule has 2 atom stereocenters. The van der Waals surface area contributed by atoms with Crippen molar-refractivity contribution >= 4 is 5.97 Å². The Labute approximate surface area is 191 Å². The van der Waals surface area contributed by atoms with Crippen LogP contribution in [0.5, 0.6) is 0 Å². The Kier molecular flexibility index (Phi) is 7.77. The molecule has 0 spiro atoms. The molecule has 4 heteroatoms. The van der Waals surface area contributed by atoms with Gasteiger partial charge >= 0.3 is 5.97 Å². The standard InChI is InChI=1S/C27H46N2O2/c1-20(2)16-25(9,19-29)24(7,8)27(11,17-22(3,4)23(5,6)18-28)21(30)31-26(10)14-12-13-15-26/h20H,12-17H2,1-11H3. The van der Waals surface area contributed by atoms with Crippen LogP contribution < -0.4 is 0 Å². The van der Waals surface area contributed by atoms with Crippen molar-refractivity contribution < 1.29 is 9.53 Å². The summed E-state index contributed by atoms with van der Waals surface area (Å²) < 4.78 is 6.26. The molecule has 1 fully saturated rings. The van der Waals surface area contributed by atoms with Gasteiger partial charge in [-0.2, -0.15) is 10.5 Å². The van der Waals surface area contributed by atoms with Gasteiger partial charge in [0.1, 0.15) is 5.60 Å². The molecule has 0 saturated heterocycles. The monoisotopic (exact) mass is 430 g/mol. The molecule has 1 saturated carbocycles. The summed E-state index contributed by atoms with van der Waals surface area (Å²) in [6.45, 7) is 22.3. The molecule has 0 aromatic rings. The summed E-state index contributed by atoms with van der Waals surface area (Å²) in [6, 6.07) is 5.02. The van der Waals surface area contributed by atoms with E-state index in [-0.39, 0.29) is 5.97 Å². The summed E-state index contributed by atoms with van der Waals surface area (Å²) in [7, 11) is 0. The molecule has 176 valence electrons. The average molecular weight is 431 g/mol. The van der Waals surface area contributed by atoms with Crippen LogP contribution in [0.15, 0.2) is 0 Å². The second-order valence-corrected chi connectivity index (χ2v) is 12.8. The van der Waals surface area contributed by atoms with Crippen LogP contribution in [-0.2, 0) is 9.53 Å². The molecule has 4 nitrogen and oxygen atoms in total. The first kappa shape index (κ1) is 27.5. The number of carbonyl (C=O) groups is 1. The third-order valence-corrected chi connectivity index (χ3v) is 9.04. The summed E-state index contributed by atoms with van der Waals surface area (Å²) in [5, 5.41) is 20.1. The number of nitrogens with zero attached hydrogens (tertiary/aromatic N) is 2. The van der Waals surface area contributed by atoms with Gasteiger partial charge in [0.05, 0.1) is 28.4 Å². The SMILES string of the molecule is CC(C)CC(C)(C#N)C(C)(C)C(C)(CC(C)(C)C(C)(C)C#N)C(=O)OC1(C)CCCC1. The maximum atomic E-state index is 14.0. The Morgan fingerprint density at radius 2 is 1.45 bits per heavy atom. The van der Waals surface area contributed by atoms with Gasteiger partial charge in [-0.3, -0.25) is 4.79 Å². The summed E-state index contributed by atoms with van der Waals surface area (Å²) >= 11 is 0. The quantitative estimate of drug-likeness (QED) is 0.356. The number of rotatable bonds is 9. The fourth-order valence-electron chi connectivity index (χ4n) is 5.23. The largest absolute Gasteiger partial charge is 0.459 e. The van der Waals surface area contributed by atoms with Crippen LogP contribution >= 0.6 is 0 Å². The van der Waals surface area contributed by atoms with E-state index in [1.807, 2.05) is 48.5 Å². The summed E-state index contributed by atoms with van der Waals surface area (Å²) in [4.78, 5) is 14.0. The lowest BCUT2D eigenvalue weighted by Gasteiger charge is -2.54. The number of nitriles is 2. The lowest BCUT2D eigenvalue weighted by atomic mass is 9.47. The summed E-state index contributed by atoms with van der Waals surface area (Å²) in [5.41, 5.74) is -3.87. The van der Waals surface area contributed by atoms with E-state index in [0.29, 0.717) is 18.8 Å². The predicted octanol–water partition coefficient (Wildman–Crippen LogP) is 7.44. The van der Waals surface area contributed by atoms with Crippen molar-refractivity contribution in [1.82, 2.24) is 0 Å². The van der Waals surface area contributed by atoms with Crippen LogP contribution in [0.1, 0.15) is 115 Å². The molecule has 31 heavy (non-hydrogen) atoms. The van der Waals surface area contributed by atoms with E-state index < -0.39 is 32.7 Å². The first-order valence-electron chi connectivity index (χ1n) is 11.9. The third-order valence-electron chi connectivity index (χ3n) is 9.04. The van der Waals surface area contributed by atoms with Gasteiger partial charge < -0.3 is 4.74 Å². The Bertz CT molecular complexity index is 744. The number of esters is 1. The fourth-order valence-corrected chi connectivity index (χ4v) is 5.23. The Morgan fingerprint density at radius 3 is 1.84 bits per heavy atom. The molecule has 1 rings (SSSR count). The van der Waals surface area contributed by atoms with Crippen molar-refractivity contribution in [3.8, 4) is 12.1 Å². The van der Waals surface area contributed by atoms with Crippen LogP contribution in [0.4, 0.5) is 0 Å². The third kappa shape index (κ3) is 5.10. The lowest BCUT2D eigenvalue weighted by molar-refractivity contribution is -0.188. The fraction of sp³-hybridized carbons (Fsp3) is 0.889. The van der Waals surface area contributed by atoms with E-state index in [2.05, 4.69) is 39.8 Å². The summed E-state index contributed by atoms with van der Waals surface area (Å²) in [6.07, 6.45) is 5.06. The molecular weight excluding hydrogens is 384 g/mol. The van der Waals surface area contributed by atoms with Crippen molar-refractivity contribution in [3.63, 3.8) is 0 Å². The van der Waals surface area contributed by atoms with E-state index in [0.717, 1.165) is 25.7 Å². The first-order chi connectivity index (χ1) is 13.8. The van der Waals surface area contributed by atoms with Crippen molar-refractivity contribution in [2.75, 3.05) is 0 Å². The van der Waals surface area contributed by atoms with Crippen LogP contribution in [0, 0.1) is 55.7 Å². The molecule has 0 N–H and O–H groups in total. The highest BCUT2D eigenvalue weighted by Gasteiger charge is 2.61. The van der Waals surface area contributed by atoms with Crippen molar-refractivity contribution in [2.45, 2.75) is 120 Å². The number of hydrogen-bond donors (Lipinski definition) is 0. The van der Waals surface area contributed by atoms with E-state index in [1.165, 1.54) is 0 Å². The molecule has 0 aliphatic heterocycles. The zero-order valence-electron chi connectivity index (χ0n) is 22.0. The van der Waals surface area contributed by atoms with E-state index in [1.54, 1.807) is 0 Å². The lowest BCUT2D eigenvalue weighted by Crippen LogP contribution is -2.56. The molecule has 0 aromatic heterocycles. The number of carbonyl (C=O) groups excluding carboxylic acids is 1. The van der Waals surface area contributed by atoms with Gasteiger partial charge in [-0.25, -0.2) is 0 Å². The highest BCUT2D eigenvalue weighted by Crippen LogP contribution is 2.60. The van der Waals surface area contributed by atoms with Gasteiger partial charge in [0.2, 0.25) is 0 Å². The summed E-state index contributed by atoms with van der Waals surface area (Å²) in [5.74, 6) is 0.0917. The highest BCUT2D eigenvalue weighted by atomic mass is 16.6. The van der Waals surface area contributed by atoms with Crippen LogP contribution in [0.2, 0.25) is 0 Å². The molecule has 2 unspecified atom stereocenters. The number of ether oxygens (including phenoxy) is 1. The second kappa shape index (κ2) is 8.77. The molecule has 1 aliphatic rings. The minimum Gasteiger partial charge on any atom is -0.459 e. The number of hydrogen-bond acceptors (Lipinski definition) is 4. The highest BCUT2D eigenvalue weighted by molar-refractivity contribution is 5.78. The minimum atomic E-state index is -0.935. The molecule has 0 heterocycles. The van der Waals surface area contributed by atoms with Gasteiger partial charge in [-0.15, -0.1) is 0 Å². The van der Waals surface area contributed by atoms with Crippen molar-refractivity contribution in [2.24, 2.45) is 33.0 Å². The van der Waals surface area contributed by atoms with Crippen LogP contribution in [-0.4, -0.2) is 11.6 Å². The maximum Gasteiger partial charge on any atom is 0.312 e. The molecule has 1 aliphatic carbocycles. The van der Waals surface area contributed by atoms with E-state index >= 15 is 0 Å². The Balaban J connectivity index is 3.60. The first-order valence-corrected chi connectivity index (χ1v) is 11.9. The Morgan fingerprint density at radius 1 is 0.968 bits per heavy atom. The van der Waals surface area contributed by atoms with Crippen LogP contribution in [0.3, 0.4) is 0 Å². The second-order valence-electron chi connectivity index (χ2n) is 12.8. The molecule has 0 bridgehead atoms. The van der Waals surface area contributed by atoms with Gasteiger partial charge in [0, 0.05) is 0 Å². The van der Waals surface area contributed by atoms with Crippen molar-refractivity contribution in [3.05, 3.63) is 0 Å². The molecular formula is C27H46N2O2. The topological polar surface area (TPSA) is 73.9 Å². The van der Waals surface area contributed by atoms with Gasteiger partial charge in [-0.05, 0) is 89.9 Å². The van der Waals surface area contributed by atoms with Gasteiger partial charge in [-0.1, -0.05) is 41.5 Å². The zero-order valence-corrected chi connectivity index (χ0v) is 22.0. The molecule has 0 aromatic carbocycles. The van der Waals surface area contributed by atoms with Crippen LogP contribution in [0.25, 0.3) is 0 Å². The van der Waals surface area contributed by atoms with E-state index in [9.17, 15) is 15.3 Å². The zero-order chi connectivity index (χ0) is 24.5. The van der Waals surface area contributed by atoms with Gasteiger partial charge in [0.25, 0.3) is 0 Å². The van der Waals surface area contributed by atoms with E-state index in [4.69, 9.17) is 4.74 Å². The van der Waals surface area contributed by atoms with Gasteiger partial charge in [0.15, 0.2) is 0 Å². The Hall–Kier alpha value is -1.55. The minimum absolute atomic E-state index is 0.228. The predicted molar refractivity (Wildman–Crippen MR) is 126 cm³/mol. The normalized spacial score (nSPS) is 21.0. The average Bonchev–Trinajstić information content (AvgIpc) is 3.05. The smallest absolute Gasteiger partial charge is 0.312 e.